The number of H-pyrrole nitrogens is 1. The van der Waals surface area contributed by atoms with E-state index in [0.717, 1.165) is 4.90 Å². The number of hydrogen-bond donors (Lipinski definition) is 2. The zero-order valence-corrected chi connectivity index (χ0v) is 9.90. The second-order valence-corrected chi connectivity index (χ2v) is 3.77. The number of non-ortho nitro benzene ring substituents is 1. The zero-order valence-electron chi connectivity index (χ0n) is 9.90. The molecule has 0 unspecified atom stereocenters. The number of anilines is 1. The van der Waals surface area contributed by atoms with Crippen molar-refractivity contribution in [3.8, 4) is 11.3 Å². The van der Waals surface area contributed by atoms with E-state index < -0.39 is 11.0 Å². The van der Waals surface area contributed by atoms with Gasteiger partial charge in [0.05, 0.1) is 16.8 Å². The number of aromatic amines is 1. The van der Waals surface area contributed by atoms with Crippen LogP contribution in [0.1, 0.15) is 0 Å². The number of nitro groups is 1. The Hall–Kier alpha value is -2.90. The van der Waals surface area contributed by atoms with Gasteiger partial charge < -0.3 is 10.1 Å². The van der Waals surface area contributed by atoms with Crippen molar-refractivity contribution in [1.82, 2.24) is 9.97 Å². The fourth-order valence-electron chi connectivity index (χ4n) is 1.51. The van der Waals surface area contributed by atoms with Crippen LogP contribution >= 0.6 is 0 Å². The maximum absolute atomic E-state index is 10.8. The Morgan fingerprint density at radius 2 is 2.26 bits per heavy atom. The number of nitrogens with zero attached hydrogens (tertiary/aromatic N) is 3. The van der Waals surface area contributed by atoms with Gasteiger partial charge in [-0.3, -0.25) is 15.0 Å². The molecule has 1 aromatic heterocycles. The molecule has 8 nitrogen and oxygen atoms in total. The van der Waals surface area contributed by atoms with Crippen LogP contribution in [-0.2, 0) is 0 Å². The summed E-state index contributed by atoms with van der Waals surface area (Å²) in [5.41, 5.74) is 1.03. The lowest BCUT2D eigenvalue weighted by Crippen LogP contribution is -2.24. The lowest BCUT2D eigenvalue weighted by molar-refractivity contribution is -0.384. The molecule has 0 fully saturated rings. The van der Waals surface area contributed by atoms with Gasteiger partial charge in [-0.1, -0.05) is 12.1 Å². The number of rotatable bonds is 3. The summed E-state index contributed by atoms with van der Waals surface area (Å²) in [5, 5.41) is 19.5. The Morgan fingerprint density at radius 3 is 2.89 bits per heavy atom. The van der Waals surface area contributed by atoms with Crippen molar-refractivity contribution in [2.75, 3.05) is 11.9 Å². The normalized spacial score (nSPS) is 10.2. The molecule has 0 bridgehead atoms. The van der Waals surface area contributed by atoms with Crippen LogP contribution in [-0.4, -0.2) is 33.1 Å². The van der Waals surface area contributed by atoms with E-state index >= 15 is 0 Å². The lowest BCUT2D eigenvalue weighted by atomic mass is 10.1. The number of nitrogens with one attached hydrogen (secondary N) is 1. The monoisotopic (exact) mass is 262 g/mol. The fourth-order valence-corrected chi connectivity index (χ4v) is 1.51. The highest BCUT2D eigenvalue weighted by Gasteiger charge is 2.14. The van der Waals surface area contributed by atoms with Crippen molar-refractivity contribution >= 4 is 17.7 Å². The Labute approximate surface area is 107 Å². The van der Waals surface area contributed by atoms with Gasteiger partial charge in [0.1, 0.15) is 0 Å². The molecule has 0 radical (unpaired) electrons. The second-order valence-electron chi connectivity index (χ2n) is 3.77. The van der Waals surface area contributed by atoms with Crippen LogP contribution in [0.4, 0.5) is 16.4 Å². The predicted molar refractivity (Wildman–Crippen MR) is 67.1 cm³/mol. The van der Waals surface area contributed by atoms with Crippen molar-refractivity contribution in [1.29, 1.82) is 0 Å². The molecule has 2 N–H and O–H groups in total. The number of carboxylic acid groups (broad SMARTS) is 1. The maximum atomic E-state index is 10.8. The molecule has 0 saturated heterocycles. The third kappa shape index (κ3) is 2.51. The highest BCUT2D eigenvalue weighted by atomic mass is 16.6. The molecule has 1 heterocycles. The number of hydrogen-bond acceptors (Lipinski definition) is 4. The average Bonchev–Trinajstić information content (AvgIpc) is 2.87. The Bertz CT molecular complexity index is 637. The first kappa shape index (κ1) is 12.6. The molecule has 2 aromatic rings. The Kier molecular flexibility index (Phi) is 3.15. The van der Waals surface area contributed by atoms with Gasteiger partial charge in [-0.25, -0.2) is 9.78 Å². The van der Waals surface area contributed by atoms with Gasteiger partial charge >= 0.3 is 6.09 Å². The molecule has 1 amide bonds. The van der Waals surface area contributed by atoms with E-state index in [2.05, 4.69) is 9.97 Å². The average molecular weight is 262 g/mol. The van der Waals surface area contributed by atoms with E-state index in [4.69, 9.17) is 5.11 Å². The van der Waals surface area contributed by atoms with Crippen LogP contribution in [0.15, 0.2) is 30.5 Å². The molecular weight excluding hydrogens is 252 g/mol. The van der Waals surface area contributed by atoms with Gasteiger partial charge in [0, 0.05) is 24.7 Å². The van der Waals surface area contributed by atoms with Crippen LogP contribution in [0.2, 0.25) is 0 Å². The molecule has 0 aliphatic heterocycles. The number of amides is 1. The lowest BCUT2D eigenvalue weighted by Gasteiger charge is -2.07. The van der Waals surface area contributed by atoms with Gasteiger partial charge in [-0.15, -0.1) is 0 Å². The SMILES string of the molecule is CN(C(=O)O)c1ncc(-c2cccc([N+](=O)[O-])c2)[nH]1. The predicted octanol–water partition coefficient (Wildman–Crippen LogP) is 2.10. The van der Waals surface area contributed by atoms with Crippen LogP contribution < -0.4 is 4.90 Å². The maximum Gasteiger partial charge on any atom is 0.413 e. The molecule has 0 atom stereocenters. The fraction of sp³-hybridized carbons (Fsp3) is 0.0909. The van der Waals surface area contributed by atoms with Gasteiger partial charge in [0.2, 0.25) is 5.95 Å². The minimum atomic E-state index is -1.15. The van der Waals surface area contributed by atoms with Gasteiger partial charge in [0.15, 0.2) is 0 Å². The zero-order chi connectivity index (χ0) is 14.0. The number of benzene rings is 1. The van der Waals surface area contributed by atoms with Crippen molar-refractivity contribution < 1.29 is 14.8 Å². The van der Waals surface area contributed by atoms with Crippen molar-refractivity contribution in [3.05, 3.63) is 40.6 Å². The summed E-state index contributed by atoms with van der Waals surface area (Å²) >= 11 is 0. The minimum absolute atomic E-state index is 0.0414. The van der Waals surface area contributed by atoms with Gasteiger partial charge in [-0.05, 0) is 0 Å². The third-order valence-corrected chi connectivity index (χ3v) is 2.54. The number of nitro benzene ring substituents is 1. The van der Waals surface area contributed by atoms with Crippen LogP contribution in [0.25, 0.3) is 11.3 Å². The molecule has 1 aromatic carbocycles. The van der Waals surface area contributed by atoms with E-state index in [9.17, 15) is 14.9 Å². The smallest absolute Gasteiger partial charge is 0.413 e. The quantitative estimate of drug-likeness (QED) is 0.649. The first-order valence-electron chi connectivity index (χ1n) is 5.25. The van der Waals surface area contributed by atoms with E-state index in [1.807, 2.05) is 0 Å². The molecule has 0 spiro atoms. The van der Waals surface area contributed by atoms with Crippen molar-refractivity contribution in [2.45, 2.75) is 0 Å². The van der Waals surface area contributed by atoms with E-state index in [-0.39, 0.29) is 11.6 Å². The standard InChI is InChI=1S/C11H10N4O4/c1-14(11(16)17)10-12-6-9(13-10)7-3-2-4-8(5-7)15(18)19/h2-6H,1H3,(H,12,13)(H,16,17). The summed E-state index contributed by atoms with van der Waals surface area (Å²) < 4.78 is 0. The van der Waals surface area contributed by atoms with E-state index in [0.29, 0.717) is 11.3 Å². The Morgan fingerprint density at radius 1 is 1.53 bits per heavy atom. The molecular formula is C11H10N4O4. The molecule has 0 aliphatic carbocycles. The number of imidazole rings is 1. The highest BCUT2D eigenvalue weighted by Crippen LogP contribution is 2.23. The largest absolute Gasteiger partial charge is 0.465 e. The summed E-state index contributed by atoms with van der Waals surface area (Å²) in [6.45, 7) is 0. The van der Waals surface area contributed by atoms with Crippen molar-refractivity contribution in [2.24, 2.45) is 0 Å². The first-order valence-corrected chi connectivity index (χ1v) is 5.25. The summed E-state index contributed by atoms with van der Waals surface area (Å²) in [5.74, 6) is 0.147. The van der Waals surface area contributed by atoms with E-state index in [1.54, 1.807) is 12.1 Å². The summed E-state index contributed by atoms with van der Waals surface area (Å²) in [6.07, 6.45) is 0.272. The molecule has 19 heavy (non-hydrogen) atoms. The topological polar surface area (TPSA) is 112 Å². The van der Waals surface area contributed by atoms with Crippen LogP contribution in [0.3, 0.4) is 0 Å². The molecule has 0 aliphatic rings. The minimum Gasteiger partial charge on any atom is -0.465 e. The molecule has 8 heteroatoms. The first-order chi connectivity index (χ1) is 8.99. The third-order valence-electron chi connectivity index (χ3n) is 2.54. The van der Waals surface area contributed by atoms with E-state index in [1.165, 1.54) is 25.4 Å². The summed E-state index contributed by atoms with van der Waals surface area (Å²) in [7, 11) is 1.35. The molecule has 0 saturated carbocycles. The molecule has 2 rings (SSSR count). The number of carbonyl (C=O) groups is 1. The van der Waals surface area contributed by atoms with Crippen LogP contribution in [0.5, 0.6) is 0 Å². The summed E-state index contributed by atoms with van der Waals surface area (Å²) in [4.78, 5) is 28.6. The van der Waals surface area contributed by atoms with Gasteiger partial charge in [-0.2, -0.15) is 0 Å². The van der Waals surface area contributed by atoms with Gasteiger partial charge in [0.25, 0.3) is 5.69 Å². The van der Waals surface area contributed by atoms with Crippen molar-refractivity contribution in [3.63, 3.8) is 0 Å². The number of aromatic nitrogens is 2. The highest BCUT2D eigenvalue weighted by molar-refractivity contribution is 5.83. The molecule has 98 valence electrons. The van der Waals surface area contributed by atoms with Crippen LogP contribution in [0, 0.1) is 10.1 Å². The summed E-state index contributed by atoms with van der Waals surface area (Å²) in [6, 6.07) is 5.99. The second kappa shape index (κ2) is 4.77. The Balaban J connectivity index is 2.35.